The van der Waals surface area contributed by atoms with Crippen molar-refractivity contribution >= 4 is 6.01 Å². The second kappa shape index (κ2) is 5.58. The van der Waals surface area contributed by atoms with Crippen LogP contribution in [0.2, 0.25) is 0 Å². The molecule has 0 atom stereocenters. The molecule has 0 aliphatic carbocycles. The number of oxazole rings is 1. The Kier molecular flexibility index (Phi) is 3.87. The molecule has 1 heterocycles. The number of benzene rings is 1. The molecule has 1 aromatic heterocycles. The van der Waals surface area contributed by atoms with E-state index in [0.717, 1.165) is 24.3 Å². The number of aromatic nitrogens is 1. The number of rotatable bonds is 5. The average Bonchev–Trinajstić information content (AvgIpc) is 2.74. The molecule has 0 aliphatic heterocycles. The second-order valence-electron chi connectivity index (χ2n) is 4.49. The highest BCUT2D eigenvalue weighted by Crippen LogP contribution is 2.15. The number of nitrogens with two attached hydrogens (primary N) is 1. The fourth-order valence-electron chi connectivity index (χ4n) is 1.72. The Hall–Kier alpha value is -1.97. The molecule has 0 saturated carbocycles. The first kappa shape index (κ1) is 12.5. The lowest BCUT2D eigenvalue weighted by Crippen LogP contribution is -2.05. The standard InChI is InChI=1S/C14H18N2O2/c1-10(2)18-13-7-4-11(5-8-13)3-6-12-9-17-14(15)16-12/h4-5,7-10H,3,6H2,1-2H3,(H2,15,16). The van der Waals surface area contributed by atoms with Crippen molar-refractivity contribution in [3.63, 3.8) is 0 Å². The van der Waals surface area contributed by atoms with Crippen LogP contribution in [0, 0.1) is 0 Å². The zero-order chi connectivity index (χ0) is 13.0. The van der Waals surface area contributed by atoms with Gasteiger partial charge in [-0.15, -0.1) is 0 Å². The molecule has 2 N–H and O–H groups in total. The molecular weight excluding hydrogens is 228 g/mol. The van der Waals surface area contributed by atoms with Gasteiger partial charge in [0.25, 0.3) is 6.01 Å². The van der Waals surface area contributed by atoms with Gasteiger partial charge in [0.1, 0.15) is 12.0 Å². The molecule has 0 radical (unpaired) electrons. The van der Waals surface area contributed by atoms with Crippen LogP contribution in [0.1, 0.15) is 25.1 Å². The number of ether oxygens (including phenoxy) is 1. The molecule has 0 saturated heterocycles. The van der Waals surface area contributed by atoms with Gasteiger partial charge >= 0.3 is 0 Å². The van der Waals surface area contributed by atoms with E-state index in [-0.39, 0.29) is 12.1 Å². The molecule has 2 rings (SSSR count). The van der Waals surface area contributed by atoms with Crippen LogP contribution in [0.3, 0.4) is 0 Å². The predicted molar refractivity (Wildman–Crippen MR) is 70.5 cm³/mol. The molecule has 4 nitrogen and oxygen atoms in total. The van der Waals surface area contributed by atoms with Crippen LogP contribution in [0.15, 0.2) is 34.9 Å². The lowest BCUT2D eigenvalue weighted by Gasteiger charge is -2.09. The van der Waals surface area contributed by atoms with Crippen LogP contribution < -0.4 is 10.5 Å². The van der Waals surface area contributed by atoms with Gasteiger partial charge in [0.15, 0.2) is 0 Å². The van der Waals surface area contributed by atoms with Gasteiger partial charge in [-0.25, -0.2) is 0 Å². The van der Waals surface area contributed by atoms with E-state index in [4.69, 9.17) is 14.9 Å². The minimum atomic E-state index is 0.203. The molecule has 0 aliphatic rings. The summed E-state index contributed by atoms with van der Waals surface area (Å²) in [7, 11) is 0. The van der Waals surface area contributed by atoms with Crippen LogP contribution in [-0.4, -0.2) is 11.1 Å². The summed E-state index contributed by atoms with van der Waals surface area (Å²) in [6.45, 7) is 4.03. The molecule has 18 heavy (non-hydrogen) atoms. The molecule has 0 unspecified atom stereocenters. The fourth-order valence-corrected chi connectivity index (χ4v) is 1.72. The van der Waals surface area contributed by atoms with Gasteiger partial charge < -0.3 is 14.9 Å². The van der Waals surface area contributed by atoms with E-state index >= 15 is 0 Å². The van der Waals surface area contributed by atoms with E-state index in [0.29, 0.717) is 0 Å². The largest absolute Gasteiger partial charge is 0.491 e. The first-order valence-corrected chi connectivity index (χ1v) is 6.09. The summed E-state index contributed by atoms with van der Waals surface area (Å²) < 4.78 is 10.6. The van der Waals surface area contributed by atoms with Gasteiger partial charge in [0.05, 0.1) is 11.8 Å². The number of nitrogen functional groups attached to an aromatic ring is 1. The number of aryl methyl sites for hydroxylation is 2. The summed E-state index contributed by atoms with van der Waals surface area (Å²) in [4.78, 5) is 4.07. The Balaban J connectivity index is 1.90. The van der Waals surface area contributed by atoms with E-state index in [9.17, 15) is 0 Å². The minimum Gasteiger partial charge on any atom is -0.491 e. The first-order valence-electron chi connectivity index (χ1n) is 6.09. The number of nitrogens with zero attached hydrogens (tertiary/aromatic N) is 1. The van der Waals surface area contributed by atoms with Crippen LogP contribution >= 0.6 is 0 Å². The third-order valence-corrected chi connectivity index (χ3v) is 2.53. The molecule has 1 aromatic carbocycles. The first-order chi connectivity index (χ1) is 8.63. The van der Waals surface area contributed by atoms with Crippen LogP contribution in [0.4, 0.5) is 6.01 Å². The van der Waals surface area contributed by atoms with E-state index in [2.05, 4.69) is 17.1 Å². The molecule has 0 bridgehead atoms. The third kappa shape index (κ3) is 3.52. The summed E-state index contributed by atoms with van der Waals surface area (Å²) in [6, 6.07) is 8.35. The molecule has 0 spiro atoms. The van der Waals surface area contributed by atoms with E-state index in [1.54, 1.807) is 6.26 Å². The lowest BCUT2D eigenvalue weighted by atomic mass is 10.1. The number of anilines is 1. The Labute approximate surface area is 107 Å². The van der Waals surface area contributed by atoms with Crippen LogP contribution in [0.5, 0.6) is 5.75 Å². The molecule has 96 valence electrons. The SMILES string of the molecule is CC(C)Oc1ccc(CCc2coc(N)n2)cc1. The van der Waals surface area contributed by atoms with Crippen molar-refractivity contribution in [2.75, 3.05) is 5.73 Å². The highest BCUT2D eigenvalue weighted by molar-refractivity contribution is 5.28. The Bertz CT molecular complexity index is 489. The van der Waals surface area contributed by atoms with E-state index < -0.39 is 0 Å². The maximum atomic E-state index is 5.59. The number of hydrogen-bond donors (Lipinski definition) is 1. The van der Waals surface area contributed by atoms with Crippen molar-refractivity contribution in [2.45, 2.75) is 32.8 Å². The van der Waals surface area contributed by atoms with Gasteiger partial charge in [-0.05, 0) is 44.4 Å². The summed E-state index contributed by atoms with van der Waals surface area (Å²) in [5.41, 5.74) is 7.55. The van der Waals surface area contributed by atoms with Gasteiger partial charge in [-0.2, -0.15) is 4.98 Å². The van der Waals surface area contributed by atoms with Gasteiger partial charge in [0, 0.05) is 0 Å². The van der Waals surface area contributed by atoms with Crippen molar-refractivity contribution in [1.29, 1.82) is 0 Å². The Morgan fingerprint density at radius 3 is 2.50 bits per heavy atom. The van der Waals surface area contributed by atoms with E-state index in [1.807, 2.05) is 26.0 Å². The molecule has 0 fully saturated rings. The van der Waals surface area contributed by atoms with Crippen LogP contribution in [0.25, 0.3) is 0 Å². The predicted octanol–water partition coefficient (Wildman–Crippen LogP) is 2.83. The van der Waals surface area contributed by atoms with Crippen molar-refractivity contribution in [2.24, 2.45) is 0 Å². The van der Waals surface area contributed by atoms with Crippen molar-refractivity contribution in [3.8, 4) is 5.75 Å². The Morgan fingerprint density at radius 2 is 1.94 bits per heavy atom. The molecule has 2 aromatic rings. The highest BCUT2D eigenvalue weighted by Gasteiger charge is 2.02. The summed E-state index contributed by atoms with van der Waals surface area (Å²) >= 11 is 0. The fraction of sp³-hybridized carbons (Fsp3) is 0.357. The summed E-state index contributed by atoms with van der Waals surface area (Å²) in [6.07, 6.45) is 3.54. The normalized spacial score (nSPS) is 10.8. The monoisotopic (exact) mass is 246 g/mol. The van der Waals surface area contributed by atoms with Gasteiger partial charge in [0.2, 0.25) is 0 Å². The highest BCUT2D eigenvalue weighted by atomic mass is 16.5. The van der Waals surface area contributed by atoms with Gasteiger partial charge in [-0.3, -0.25) is 0 Å². The molecule has 4 heteroatoms. The van der Waals surface area contributed by atoms with Crippen molar-refractivity contribution in [1.82, 2.24) is 4.98 Å². The number of hydrogen-bond acceptors (Lipinski definition) is 4. The van der Waals surface area contributed by atoms with Crippen molar-refractivity contribution in [3.05, 3.63) is 41.8 Å². The minimum absolute atomic E-state index is 0.203. The Morgan fingerprint density at radius 1 is 1.22 bits per heavy atom. The maximum Gasteiger partial charge on any atom is 0.292 e. The zero-order valence-corrected chi connectivity index (χ0v) is 10.7. The van der Waals surface area contributed by atoms with Crippen LogP contribution in [-0.2, 0) is 12.8 Å². The molecule has 0 amide bonds. The third-order valence-electron chi connectivity index (χ3n) is 2.53. The summed E-state index contributed by atoms with van der Waals surface area (Å²) in [5, 5.41) is 0. The second-order valence-corrected chi connectivity index (χ2v) is 4.49. The quantitative estimate of drug-likeness (QED) is 0.881. The molecular formula is C14H18N2O2. The average molecular weight is 246 g/mol. The van der Waals surface area contributed by atoms with E-state index in [1.165, 1.54) is 5.56 Å². The summed E-state index contributed by atoms with van der Waals surface area (Å²) in [5.74, 6) is 0.902. The topological polar surface area (TPSA) is 61.3 Å². The van der Waals surface area contributed by atoms with Crippen molar-refractivity contribution < 1.29 is 9.15 Å². The zero-order valence-electron chi connectivity index (χ0n) is 10.7. The lowest BCUT2D eigenvalue weighted by molar-refractivity contribution is 0.242. The van der Waals surface area contributed by atoms with Gasteiger partial charge in [-0.1, -0.05) is 12.1 Å². The maximum absolute atomic E-state index is 5.59. The smallest absolute Gasteiger partial charge is 0.292 e.